The van der Waals surface area contributed by atoms with Gasteiger partial charge in [-0.2, -0.15) is 0 Å². The highest BCUT2D eigenvalue weighted by Crippen LogP contribution is 1.83. The zero-order valence-corrected chi connectivity index (χ0v) is 6.70. The summed E-state index contributed by atoms with van der Waals surface area (Å²) < 4.78 is 3.86. The molecule has 0 aliphatic rings. The van der Waals surface area contributed by atoms with E-state index in [4.69, 9.17) is 4.79 Å². The van der Waals surface area contributed by atoms with Crippen molar-refractivity contribution >= 4 is 18.5 Å². The molecule has 0 bridgehead atoms. The maximum Gasteiger partial charge on any atom is 0.292 e. The monoisotopic (exact) mass is 160 g/mol. The molecule has 64 valence electrons. The summed E-state index contributed by atoms with van der Waals surface area (Å²) in [5.41, 5.74) is 0. The molecule has 0 spiro atoms. The number of ketones is 1. The smallest absolute Gasteiger partial charge is 0.292 e. The quantitative estimate of drug-likeness (QED) is 0.556. The summed E-state index contributed by atoms with van der Waals surface area (Å²) in [6.45, 7) is 1.85. The third kappa shape index (κ3) is 28.1. The summed E-state index contributed by atoms with van der Waals surface area (Å²) in [6.07, 6.45) is 1.51. The summed E-state index contributed by atoms with van der Waals surface area (Å²) in [5.74, 6) is 0.0760. The van der Waals surface area contributed by atoms with Crippen molar-refractivity contribution in [2.24, 2.45) is 0 Å². The van der Waals surface area contributed by atoms with Crippen LogP contribution in [0.2, 0.25) is 0 Å². The van der Waals surface area contributed by atoms with Gasteiger partial charge in [0.15, 0.2) is 0 Å². The second-order valence-corrected chi connectivity index (χ2v) is 1.74. The highest BCUT2D eigenvalue weighted by Gasteiger charge is 1.87. The number of carbonyl (C=O) groups is 3. The topological polar surface area (TPSA) is 60.4 Å². The van der Waals surface area contributed by atoms with Crippen LogP contribution in [-0.4, -0.2) is 25.7 Å². The van der Waals surface area contributed by atoms with Crippen molar-refractivity contribution in [3.05, 3.63) is 0 Å². The third-order valence-corrected chi connectivity index (χ3v) is 0.710. The lowest BCUT2D eigenvalue weighted by Gasteiger charge is -1.80. The largest absolute Gasteiger partial charge is 0.471 e. The molecule has 0 unspecified atom stereocenters. The summed E-state index contributed by atoms with van der Waals surface area (Å²) >= 11 is 0. The molecule has 0 aromatic rings. The molecule has 0 fully saturated rings. The number of aldehydes is 1. The Morgan fingerprint density at radius 2 is 1.91 bits per heavy atom. The molecular formula is C7H12O4. The Labute approximate surface area is 65.5 Å². The average molecular weight is 160 g/mol. The number of Topliss-reactive ketones (excluding diaryl/α,β-unsaturated/α-hetero) is 1. The van der Waals surface area contributed by atoms with E-state index in [0.29, 0.717) is 19.3 Å². The predicted molar refractivity (Wildman–Crippen MR) is 39.1 cm³/mol. The van der Waals surface area contributed by atoms with Crippen LogP contribution < -0.4 is 0 Å². The van der Waals surface area contributed by atoms with Crippen molar-refractivity contribution in [1.29, 1.82) is 0 Å². The van der Waals surface area contributed by atoms with Gasteiger partial charge in [-0.05, 0) is 6.92 Å². The van der Waals surface area contributed by atoms with E-state index in [2.05, 4.69) is 4.74 Å². The molecule has 0 saturated carbocycles. The number of ether oxygens (including phenoxy) is 1. The van der Waals surface area contributed by atoms with Crippen LogP contribution in [0.25, 0.3) is 0 Å². The molecule has 4 heteroatoms. The minimum atomic E-state index is 0.0760. The van der Waals surface area contributed by atoms with E-state index < -0.39 is 0 Å². The van der Waals surface area contributed by atoms with Crippen LogP contribution in [0.1, 0.15) is 19.8 Å². The normalized spacial score (nSPS) is 7.09. The van der Waals surface area contributed by atoms with E-state index in [0.717, 1.165) is 6.29 Å². The molecule has 0 amide bonds. The van der Waals surface area contributed by atoms with Crippen LogP contribution in [0, 0.1) is 0 Å². The molecule has 0 aliphatic heterocycles. The summed E-state index contributed by atoms with van der Waals surface area (Å²) in [4.78, 5) is 28.6. The molecule has 0 aromatic carbocycles. The van der Waals surface area contributed by atoms with Gasteiger partial charge in [-0.3, -0.25) is 4.79 Å². The SMILES string of the molecule is CC(=O)CCC=O.COC=O. The van der Waals surface area contributed by atoms with Crippen molar-refractivity contribution in [1.82, 2.24) is 0 Å². The summed E-state index contributed by atoms with van der Waals surface area (Å²) in [6, 6.07) is 0. The summed E-state index contributed by atoms with van der Waals surface area (Å²) in [7, 11) is 1.31. The van der Waals surface area contributed by atoms with Crippen molar-refractivity contribution < 1.29 is 19.1 Å². The molecule has 0 heterocycles. The van der Waals surface area contributed by atoms with Gasteiger partial charge in [-0.25, -0.2) is 0 Å². The summed E-state index contributed by atoms with van der Waals surface area (Å²) in [5, 5.41) is 0. The van der Waals surface area contributed by atoms with E-state index in [-0.39, 0.29) is 5.78 Å². The Morgan fingerprint density at radius 1 is 1.45 bits per heavy atom. The van der Waals surface area contributed by atoms with Gasteiger partial charge in [-0.15, -0.1) is 0 Å². The van der Waals surface area contributed by atoms with Gasteiger partial charge in [0.25, 0.3) is 6.47 Å². The van der Waals surface area contributed by atoms with Gasteiger partial charge < -0.3 is 14.3 Å². The molecule has 4 nitrogen and oxygen atoms in total. The first kappa shape index (κ1) is 12.5. The zero-order chi connectivity index (χ0) is 9.11. The van der Waals surface area contributed by atoms with Crippen LogP contribution in [0.4, 0.5) is 0 Å². The highest BCUT2D eigenvalue weighted by molar-refractivity contribution is 5.77. The predicted octanol–water partition coefficient (Wildman–Crippen LogP) is 0.344. The fourth-order valence-electron chi connectivity index (χ4n) is 0.262. The van der Waals surface area contributed by atoms with Gasteiger partial charge >= 0.3 is 0 Å². The number of hydrogen-bond donors (Lipinski definition) is 0. The van der Waals surface area contributed by atoms with Gasteiger partial charge in [0.1, 0.15) is 12.1 Å². The second kappa shape index (κ2) is 11.6. The lowest BCUT2D eigenvalue weighted by Crippen LogP contribution is -1.88. The van der Waals surface area contributed by atoms with Crippen LogP contribution in [0.5, 0.6) is 0 Å². The Morgan fingerprint density at radius 3 is 2.00 bits per heavy atom. The first-order valence-electron chi connectivity index (χ1n) is 3.08. The molecule has 0 rings (SSSR count). The number of methoxy groups -OCH3 is 1. The molecule has 0 N–H and O–H groups in total. The van der Waals surface area contributed by atoms with Crippen molar-refractivity contribution in [3.63, 3.8) is 0 Å². The fourth-order valence-corrected chi connectivity index (χ4v) is 0.262. The number of carbonyl (C=O) groups excluding carboxylic acids is 3. The Hall–Kier alpha value is -1.19. The van der Waals surface area contributed by atoms with E-state index in [1.165, 1.54) is 14.0 Å². The van der Waals surface area contributed by atoms with Gasteiger partial charge in [0.2, 0.25) is 0 Å². The van der Waals surface area contributed by atoms with E-state index in [9.17, 15) is 9.59 Å². The molecule has 0 aliphatic carbocycles. The maximum atomic E-state index is 10.0. The van der Waals surface area contributed by atoms with Gasteiger partial charge in [0, 0.05) is 12.8 Å². The molecule has 0 aromatic heterocycles. The van der Waals surface area contributed by atoms with Crippen LogP contribution >= 0.6 is 0 Å². The molecule has 11 heavy (non-hydrogen) atoms. The van der Waals surface area contributed by atoms with Crippen LogP contribution in [0.15, 0.2) is 0 Å². The Bertz CT molecular complexity index is 120. The fraction of sp³-hybridized carbons (Fsp3) is 0.571. The van der Waals surface area contributed by atoms with Crippen LogP contribution in [0.3, 0.4) is 0 Å². The van der Waals surface area contributed by atoms with Gasteiger partial charge in [-0.1, -0.05) is 0 Å². The molecular weight excluding hydrogens is 148 g/mol. The maximum absolute atomic E-state index is 10.0. The second-order valence-electron chi connectivity index (χ2n) is 1.74. The molecule has 0 saturated heterocycles. The lowest BCUT2D eigenvalue weighted by molar-refractivity contribution is -0.126. The number of hydrogen-bond acceptors (Lipinski definition) is 4. The Kier molecular flexibility index (Phi) is 13.1. The van der Waals surface area contributed by atoms with Crippen molar-refractivity contribution in [3.8, 4) is 0 Å². The van der Waals surface area contributed by atoms with E-state index in [1.807, 2.05) is 0 Å². The van der Waals surface area contributed by atoms with Crippen molar-refractivity contribution in [2.75, 3.05) is 7.11 Å². The lowest BCUT2D eigenvalue weighted by atomic mass is 10.3. The third-order valence-electron chi connectivity index (χ3n) is 0.710. The van der Waals surface area contributed by atoms with Crippen LogP contribution in [-0.2, 0) is 19.1 Å². The zero-order valence-electron chi connectivity index (χ0n) is 6.70. The minimum Gasteiger partial charge on any atom is -0.471 e. The first-order valence-corrected chi connectivity index (χ1v) is 3.08. The minimum absolute atomic E-state index is 0.0760. The Balaban J connectivity index is 0. The first-order chi connectivity index (χ1) is 5.18. The number of rotatable bonds is 4. The van der Waals surface area contributed by atoms with E-state index >= 15 is 0 Å². The van der Waals surface area contributed by atoms with Crippen molar-refractivity contribution in [2.45, 2.75) is 19.8 Å². The van der Waals surface area contributed by atoms with Gasteiger partial charge in [0.05, 0.1) is 7.11 Å². The van der Waals surface area contributed by atoms with E-state index in [1.54, 1.807) is 0 Å². The highest BCUT2D eigenvalue weighted by atomic mass is 16.5. The average Bonchev–Trinajstić information content (AvgIpc) is 2.01. The molecule has 0 radical (unpaired) electrons. The molecule has 0 atom stereocenters. The standard InChI is InChI=1S/C5H8O2.C2H4O2/c1-5(7)3-2-4-6;1-4-2-3/h4H,2-3H2,1H3;2H,1H3.